The molecule has 0 aliphatic rings. The van der Waals surface area contributed by atoms with Crippen molar-refractivity contribution in [3.63, 3.8) is 0 Å². The first-order chi connectivity index (χ1) is 48.2. The third-order valence-corrected chi connectivity index (χ3v) is 20.2. The zero-order valence-electron chi connectivity index (χ0n) is 65.2. The Labute approximate surface area is 612 Å². The van der Waals surface area contributed by atoms with Gasteiger partial charge in [-0.15, -0.1) is 0 Å². The van der Waals surface area contributed by atoms with E-state index in [9.17, 15) is 43.2 Å². The predicted molar refractivity (Wildman–Crippen MR) is 409 cm³/mol. The maximum atomic E-state index is 13.1. The number of phosphoric acid groups is 2. The lowest BCUT2D eigenvalue weighted by atomic mass is 10.0. The maximum absolute atomic E-state index is 13.1. The van der Waals surface area contributed by atoms with Gasteiger partial charge in [0, 0.05) is 25.7 Å². The summed E-state index contributed by atoms with van der Waals surface area (Å²) >= 11 is 0. The third-order valence-electron chi connectivity index (χ3n) is 18.3. The van der Waals surface area contributed by atoms with E-state index in [1.165, 1.54) is 180 Å². The molecule has 0 bridgehead atoms. The van der Waals surface area contributed by atoms with Crippen LogP contribution in [0.4, 0.5) is 0 Å². The average Bonchev–Trinajstić information content (AvgIpc) is 0.955. The highest BCUT2D eigenvalue weighted by atomic mass is 31.2. The Bertz CT molecular complexity index is 2030. The van der Waals surface area contributed by atoms with Crippen molar-refractivity contribution in [1.29, 1.82) is 0 Å². The minimum atomic E-state index is -4.97. The molecule has 590 valence electrons. The largest absolute Gasteiger partial charge is 0.472 e. The Balaban J connectivity index is 5.27. The van der Waals surface area contributed by atoms with Gasteiger partial charge in [-0.2, -0.15) is 0 Å². The van der Waals surface area contributed by atoms with E-state index in [0.29, 0.717) is 31.6 Å². The fourth-order valence-electron chi connectivity index (χ4n) is 11.9. The van der Waals surface area contributed by atoms with Crippen molar-refractivity contribution in [1.82, 2.24) is 0 Å². The van der Waals surface area contributed by atoms with Gasteiger partial charge in [-0.25, -0.2) is 9.13 Å². The second kappa shape index (κ2) is 70.8. The van der Waals surface area contributed by atoms with Gasteiger partial charge in [-0.3, -0.25) is 37.3 Å². The first kappa shape index (κ1) is 97.5. The number of carbonyl (C=O) groups is 4. The summed E-state index contributed by atoms with van der Waals surface area (Å²) in [7, 11) is -9.93. The lowest BCUT2D eigenvalue weighted by molar-refractivity contribution is -0.161. The molecule has 0 spiro atoms. The van der Waals surface area contributed by atoms with Crippen LogP contribution >= 0.6 is 15.6 Å². The molecule has 0 saturated carbocycles. The molecule has 0 saturated heterocycles. The van der Waals surface area contributed by atoms with Gasteiger partial charge >= 0.3 is 39.5 Å². The van der Waals surface area contributed by atoms with Gasteiger partial charge in [-0.1, -0.05) is 342 Å². The van der Waals surface area contributed by atoms with Crippen LogP contribution in [-0.4, -0.2) is 96.7 Å². The highest BCUT2D eigenvalue weighted by molar-refractivity contribution is 7.47. The number of aliphatic hydroxyl groups excluding tert-OH is 1. The third kappa shape index (κ3) is 73.8. The van der Waals surface area contributed by atoms with Crippen LogP contribution < -0.4 is 0 Å². The zero-order valence-corrected chi connectivity index (χ0v) is 66.9. The van der Waals surface area contributed by atoms with Crippen LogP contribution in [0.3, 0.4) is 0 Å². The molecular weight excluding hydrogens is 1310 g/mol. The molecule has 5 atom stereocenters. The van der Waals surface area contributed by atoms with Crippen LogP contribution in [0.1, 0.15) is 395 Å². The summed E-state index contributed by atoms with van der Waals surface area (Å²) in [6.07, 6.45) is 61.9. The van der Waals surface area contributed by atoms with Gasteiger partial charge in [0.2, 0.25) is 0 Å². The van der Waals surface area contributed by atoms with Crippen molar-refractivity contribution in [2.24, 2.45) is 17.8 Å². The number of hydrogen-bond acceptors (Lipinski definition) is 15. The topological polar surface area (TPSA) is 237 Å². The van der Waals surface area contributed by atoms with Crippen molar-refractivity contribution in [3.8, 4) is 0 Å². The second-order valence-corrected chi connectivity index (χ2v) is 32.8. The summed E-state index contributed by atoms with van der Waals surface area (Å²) in [4.78, 5) is 73.0. The molecule has 17 nitrogen and oxygen atoms in total. The molecule has 0 aromatic carbocycles. The summed E-state index contributed by atoms with van der Waals surface area (Å²) in [5, 5.41) is 10.6. The molecule has 0 amide bonds. The first-order valence-corrected chi connectivity index (χ1v) is 44.2. The molecule has 3 unspecified atom stereocenters. The SMILES string of the molecule is CCCCCC/C=C\C=C/CCCCCCCC(=O)OC[C@H](COP(=O)(O)OCC(O)COP(=O)(O)OC[C@@H](COC(=O)CCCCCCCCCC(C)C)OC(=O)CCCCCCCCCCCCCCCCC(C)C)OC(=O)CCCCCCCCCCCCCCCCCC(C)C. The van der Waals surface area contributed by atoms with Gasteiger partial charge in [0.25, 0.3) is 0 Å². The summed E-state index contributed by atoms with van der Waals surface area (Å²) in [5.74, 6) is 0.156. The Morgan fingerprint density at radius 2 is 0.540 bits per heavy atom. The van der Waals surface area contributed by atoms with Gasteiger partial charge in [-0.05, 0) is 69.1 Å². The molecule has 3 N–H and O–H groups in total. The lowest BCUT2D eigenvalue weighted by Gasteiger charge is -2.21. The highest BCUT2D eigenvalue weighted by Gasteiger charge is 2.30. The van der Waals surface area contributed by atoms with E-state index in [2.05, 4.69) is 72.8 Å². The minimum Gasteiger partial charge on any atom is -0.462 e. The molecule has 0 aliphatic carbocycles. The van der Waals surface area contributed by atoms with E-state index in [1.54, 1.807) is 0 Å². The number of aliphatic hydroxyl groups is 1. The van der Waals surface area contributed by atoms with E-state index < -0.39 is 97.5 Å². The summed E-state index contributed by atoms with van der Waals surface area (Å²) in [6, 6.07) is 0. The molecule has 0 fully saturated rings. The molecule has 0 aromatic heterocycles. The van der Waals surface area contributed by atoms with Crippen LogP contribution in [0.2, 0.25) is 0 Å². The minimum absolute atomic E-state index is 0.101. The van der Waals surface area contributed by atoms with E-state index in [0.717, 1.165) is 127 Å². The highest BCUT2D eigenvalue weighted by Crippen LogP contribution is 2.45. The molecule has 0 aromatic rings. The molecule has 0 heterocycles. The summed E-state index contributed by atoms with van der Waals surface area (Å²) < 4.78 is 68.7. The number of hydrogen-bond donors (Lipinski definition) is 3. The number of phosphoric ester groups is 2. The van der Waals surface area contributed by atoms with Crippen molar-refractivity contribution in [2.75, 3.05) is 39.6 Å². The number of rotatable bonds is 77. The molecule has 19 heteroatoms. The Morgan fingerprint density at radius 3 is 0.810 bits per heavy atom. The quantitative estimate of drug-likeness (QED) is 0.0169. The van der Waals surface area contributed by atoms with E-state index in [1.807, 2.05) is 0 Å². The van der Waals surface area contributed by atoms with Gasteiger partial charge in [0.1, 0.15) is 19.3 Å². The Kier molecular flexibility index (Phi) is 69.1. The zero-order chi connectivity index (χ0) is 73.7. The van der Waals surface area contributed by atoms with Gasteiger partial charge in [0.15, 0.2) is 12.2 Å². The smallest absolute Gasteiger partial charge is 0.462 e. The van der Waals surface area contributed by atoms with Gasteiger partial charge < -0.3 is 33.8 Å². The van der Waals surface area contributed by atoms with E-state index in [4.69, 9.17) is 37.0 Å². The second-order valence-electron chi connectivity index (χ2n) is 29.9. The number of unbranched alkanes of at least 4 members (excludes halogenated alkanes) is 42. The van der Waals surface area contributed by atoms with E-state index in [-0.39, 0.29) is 25.7 Å². The van der Waals surface area contributed by atoms with Crippen LogP contribution in [-0.2, 0) is 65.4 Å². The molecule has 0 radical (unpaired) electrons. The molecule has 0 aliphatic heterocycles. The fourth-order valence-corrected chi connectivity index (χ4v) is 13.5. The van der Waals surface area contributed by atoms with Crippen molar-refractivity contribution < 1.29 is 80.2 Å². The van der Waals surface area contributed by atoms with Crippen molar-refractivity contribution in [3.05, 3.63) is 24.3 Å². The number of carbonyl (C=O) groups excluding carboxylic acids is 4. The lowest BCUT2D eigenvalue weighted by Crippen LogP contribution is -2.30. The van der Waals surface area contributed by atoms with E-state index >= 15 is 0 Å². The Morgan fingerprint density at radius 1 is 0.310 bits per heavy atom. The Hall–Kier alpha value is -2.46. The first-order valence-electron chi connectivity index (χ1n) is 41.2. The molecule has 100 heavy (non-hydrogen) atoms. The van der Waals surface area contributed by atoms with Crippen molar-refractivity contribution in [2.45, 2.75) is 414 Å². The van der Waals surface area contributed by atoms with Gasteiger partial charge in [0.05, 0.1) is 26.4 Å². The molecule has 0 rings (SSSR count). The van der Waals surface area contributed by atoms with Crippen molar-refractivity contribution >= 4 is 39.5 Å². The normalized spacial score (nSPS) is 14.1. The summed E-state index contributed by atoms with van der Waals surface area (Å²) in [6.45, 7) is 11.9. The number of esters is 4. The fraction of sp³-hybridized carbons (Fsp3) is 0.901. The number of allylic oxidation sites excluding steroid dienone is 4. The maximum Gasteiger partial charge on any atom is 0.472 e. The van der Waals surface area contributed by atoms with Crippen LogP contribution in [0.15, 0.2) is 24.3 Å². The van der Waals surface area contributed by atoms with Crippen LogP contribution in [0.5, 0.6) is 0 Å². The standard InChI is InChI=1S/C81H154O17P2/c1-8-9-10-11-12-13-14-15-17-24-29-34-41-48-55-62-78(83)91-68-76(97-80(85)64-57-50-42-35-30-25-19-16-18-22-27-32-38-45-52-59-72(2)3)70-95-99(87,88)93-66-75(82)67-94-100(89,90)96-71-77(69-92-79(84)63-56-49-44-37-40-47-54-61-74(6)7)98-81(86)65-58-51-43-36-31-26-21-20-23-28-33-39-46-53-60-73(4)5/h13-15,17,72-77,82H,8-12,16,18-71H2,1-7H3,(H,87,88)(H,89,90)/b14-13-,17-15-/t75?,76-,77-/m1/s1. The average molecular weight is 1460 g/mol. The van der Waals surface area contributed by atoms with Crippen LogP contribution in [0.25, 0.3) is 0 Å². The van der Waals surface area contributed by atoms with Crippen LogP contribution in [0, 0.1) is 17.8 Å². The monoisotopic (exact) mass is 1460 g/mol. The summed E-state index contributed by atoms with van der Waals surface area (Å²) in [5.41, 5.74) is 0. The number of ether oxygens (including phenoxy) is 4. The molecular formula is C81H154O17P2. The predicted octanol–water partition coefficient (Wildman–Crippen LogP) is 23.7.